The van der Waals surface area contributed by atoms with Gasteiger partial charge in [-0.2, -0.15) is 0 Å². The number of nitro groups is 1. The number of para-hydroxylation sites is 1. The van der Waals surface area contributed by atoms with Crippen LogP contribution in [-0.4, -0.2) is 23.7 Å². The van der Waals surface area contributed by atoms with Gasteiger partial charge in [-0.25, -0.2) is 4.39 Å². The maximum atomic E-state index is 13.6. The lowest BCUT2D eigenvalue weighted by molar-refractivity contribution is -0.384. The number of aliphatic imine (C=N–C) groups is 1. The standard InChI is InChI=1S/C21H15ClFN3O4/c22-17-10-14(12-24-15-4-3-5-16(11-15)26(28)29)8-9-20(17)30-13-21(27)25-19-7-2-1-6-18(19)23/h1-12H,13H2,(H,25,27). The Labute approximate surface area is 175 Å². The van der Waals surface area contributed by atoms with Crippen LogP contribution in [0, 0.1) is 15.9 Å². The molecule has 0 saturated carbocycles. The molecule has 0 aliphatic heterocycles. The van der Waals surface area contributed by atoms with E-state index < -0.39 is 16.6 Å². The largest absolute Gasteiger partial charge is 0.482 e. The topological polar surface area (TPSA) is 93.8 Å². The van der Waals surface area contributed by atoms with E-state index in [1.54, 1.807) is 36.4 Å². The Morgan fingerprint density at radius 3 is 2.70 bits per heavy atom. The molecule has 30 heavy (non-hydrogen) atoms. The van der Waals surface area contributed by atoms with E-state index in [9.17, 15) is 19.3 Å². The van der Waals surface area contributed by atoms with Crippen LogP contribution in [0.3, 0.4) is 0 Å². The highest BCUT2D eigenvalue weighted by atomic mass is 35.5. The first kappa shape index (κ1) is 20.9. The Morgan fingerprint density at radius 2 is 1.97 bits per heavy atom. The molecule has 0 heterocycles. The average molecular weight is 428 g/mol. The van der Waals surface area contributed by atoms with E-state index in [0.29, 0.717) is 11.3 Å². The fraction of sp³-hybridized carbons (Fsp3) is 0.0476. The van der Waals surface area contributed by atoms with E-state index in [-0.39, 0.29) is 28.8 Å². The van der Waals surface area contributed by atoms with Gasteiger partial charge in [0.05, 0.1) is 21.3 Å². The first-order valence-electron chi connectivity index (χ1n) is 8.67. The van der Waals surface area contributed by atoms with E-state index in [1.165, 1.54) is 36.5 Å². The van der Waals surface area contributed by atoms with Gasteiger partial charge in [-0.1, -0.05) is 29.8 Å². The molecule has 0 atom stereocenters. The minimum absolute atomic E-state index is 0.0555. The summed E-state index contributed by atoms with van der Waals surface area (Å²) in [6.07, 6.45) is 1.50. The molecule has 9 heteroatoms. The number of hydrogen-bond donors (Lipinski definition) is 1. The van der Waals surface area contributed by atoms with Crippen molar-refractivity contribution in [1.29, 1.82) is 0 Å². The van der Waals surface area contributed by atoms with Gasteiger partial charge in [-0.05, 0) is 42.0 Å². The summed E-state index contributed by atoms with van der Waals surface area (Å²) in [6, 6.07) is 16.5. The summed E-state index contributed by atoms with van der Waals surface area (Å²) in [7, 11) is 0. The van der Waals surface area contributed by atoms with Crippen molar-refractivity contribution in [3.63, 3.8) is 0 Å². The Bertz CT molecular complexity index is 1120. The second-order valence-corrected chi connectivity index (χ2v) is 6.45. The van der Waals surface area contributed by atoms with Gasteiger partial charge in [-0.15, -0.1) is 0 Å². The van der Waals surface area contributed by atoms with Crippen LogP contribution >= 0.6 is 11.6 Å². The first-order valence-corrected chi connectivity index (χ1v) is 9.05. The Balaban J connectivity index is 1.61. The summed E-state index contributed by atoms with van der Waals surface area (Å²) in [4.78, 5) is 26.4. The number of ether oxygens (including phenoxy) is 1. The van der Waals surface area contributed by atoms with E-state index in [0.717, 1.165) is 0 Å². The third-order valence-electron chi connectivity index (χ3n) is 3.87. The summed E-state index contributed by atoms with van der Waals surface area (Å²) >= 11 is 6.18. The zero-order valence-corrected chi connectivity index (χ0v) is 16.2. The second kappa shape index (κ2) is 9.62. The minimum Gasteiger partial charge on any atom is -0.482 e. The molecule has 3 aromatic carbocycles. The van der Waals surface area contributed by atoms with Crippen LogP contribution in [0.5, 0.6) is 5.75 Å². The van der Waals surface area contributed by atoms with Crippen molar-refractivity contribution in [2.45, 2.75) is 0 Å². The Morgan fingerprint density at radius 1 is 1.17 bits per heavy atom. The van der Waals surface area contributed by atoms with Crippen LogP contribution in [0.25, 0.3) is 0 Å². The van der Waals surface area contributed by atoms with E-state index in [2.05, 4.69) is 10.3 Å². The van der Waals surface area contributed by atoms with Crippen molar-refractivity contribution < 1.29 is 18.8 Å². The van der Waals surface area contributed by atoms with Gasteiger partial charge < -0.3 is 10.1 Å². The third kappa shape index (κ3) is 5.62. The number of hydrogen-bond acceptors (Lipinski definition) is 5. The van der Waals surface area contributed by atoms with Gasteiger partial charge in [0.15, 0.2) is 6.61 Å². The molecule has 0 fully saturated rings. The van der Waals surface area contributed by atoms with E-state index in [4.69, 9.17) is 16.3 Å². The number of nitrogens with one attached hydrogen (secondary N) is 1. The number of non-ortho nitro benzene ring substituents is 1. The Kier molecular flexibility index (Phi) is 6.71. The summed E-state index contributed by atoms with van der Waals surface area (Å²) in [6.45, 7) is -0.352. The number of carbonyl (C=O) groups excluding carboxylic acids is 1. The normalized spacial score (nSPS) is 10.7. The molecular formula is C21H15ClFN3O4. The zero-order valence-electron chi connectivity index (χ0n) is 15.4. The molecule has 0 saturated heterocycles. The summed E-state index contributed by atoms with van der Waals surface area (Å²) in [5.41, 5.74) is 1.06. The lowest BCUT2D eigenvalue weighted by Gasteiger charge is -2.09. The molecule has 0 spiro atoms. The number of rotatable bonds is 7. The van der Waals surface area contributed by atoms with Crippen LogP contribution in [0.4, 0.5) is 21.5 Å². The summed E-state index contributed by atoms with van der Waals surface area (Å²) < 4.78 is 18.9. The summed E-state index contributed by atoms with van der Waals surface area (Å²) in [5, 5.41) is 13.5. The van der Waals surface area contributed by atoms with Crippen molar-refractivity contribution in [3.05, 3.63) is 93.2 Å². The lowest BCUT2D eigenvalue weighted by Crippen LogP contribution is -2.20. The molecule has 0 aliphatic carbocycles. The fourth-order valence-corrected chi connectivity index (χ4v) is 2.69. The zero-order chi connectivity index (χ0) is 21.5. The molecule has 0 bridgehead atoms. The van der Waals surface area contributed by atoms with Crippen LogP contribution < -0.4 is 10.1 Å². The molecular weight excluding hydrogens is 413 g/mol. The van der Waals surface area contributed by atoms with Crippen LogP contribution in [0.1, 0.15) is 5.56 Å². The number of halogens is 2. The van der Waals surface area contributed by atoms with Gasteiger partial charge in [0.25, 0.3) is 11.6 Å². The molecule has 1 amide bonds. The SMILES string of the molecule is O=C(COc1ccc(C=Nc2cccc([N+](=O)[O-])c2)cc1Cl)Nc1ccccc1F. The highest BCUT2D eigenvalue weighted by molar-refractivity contribution is 6.32. The maximum Gasteiger partial charge on any atom is 0.271 e. The molecule has 3 rings (SSSR count). The number of amides is 1. The lowest BCUT2D eigenvalue weighted by atomic mass is 10.2. The van der Waals surface area contributed by atoms with E-state index >= 15 is 0 Å². The number of carbonyl (C=O) groups is 1. The first-order chi connectivity index (χ1) is 14.4. The van der Waals surface area contributed by atoms with Gasteiger partial charge in [0, 0.05) is 18.3 Å². The molecule has 1 N–H and O–H groups in total. The van der Waals surface area contributed by atoms with Crippen molar-refractivity contribution in [1.82, 2.24) is 0 Å². The molecule has 152 valence electrons. The quantitative estimate of drug-likeness (QED) is 0.320. The monoisotopic (exact) mass is 427 g/mol. The van der Waals surface area contributed by atoms with Gasteiger partial charge in [0.2, 0.25) is 0 Å². The van der Waals surface area contributed by atoms with Gasteiger partial charge in [-0.3, -0.25) is 19.9 Å². The van der Waals surface area contributed by atoms with E-state index in [1.807, 2.05) is 0 Å². The average Bonchev–Trinajstić information content (AvgIpc) is 2.73. The second-order valence-electron chi connectivity index (χ2n) is 6.04. The van der Waals surface area contributed by atoms with Crippen molar-refractivity contribution >= 4 is 40.8 Å². The number of nitro benzene ring substituents is 1. The van der Waals surface area contributed by atoms with Gasteiger partial charge in [0.1, 0.15) is 11.6 Å². The highest BCUT2D eigenvalue weighted by Gasteiger charge is 2.09. The molecule has 0 aromatic heterocycles. The Hall–Kier alpha value is -3.78. The smallest absolute Gasteiger partial charge is 0.271 e. The third-order valence-corrected chi connectivity index (χ3v) is 4.16. The predicted molar refractivity (Wildman–Crippen MR) is 112 cm³/mol. The number of nitrogens with zero attached hydrogens (tertiary/aromatic N) is 2. The predicted octanol–water partition coefficient (Wildman–Crippen LogP) is 5.16. The number of benzene rings is 3. The molecule has 0 aliphatic rings. The fourth-order valence-electron chi connectivity index (χ4n) is 2.44. The van der Waals surface area contributed by atoms with Crippen LogP contribution in [0.15, 0.2) is 71.7 Å². The summed E-state index contributed by atoms with van der Waals surface area (Å²) in [5.74, 6) is -0.809. The molecule has 0 radical (unpaired) electrons. The number of anilines is 1. The maximum absolute atomic E-state index is 13.6. The minimum atomic E-state index is -0.545. The van der Waals surface area contributed by atoms with Crippen LogP contribution in [-0.2, 0) is 4.79 Å². The van der Waals surface area contributed by atoms with Gasteiger partial charge >= 0.3 is 0 Å². The highest BCUT2D eigenvalue weighted by Crippen LogP contribution is 2.26. The van der Waals surface area contributed by atoms with Crippen molar-refractivity contribution in [2.24, 2.45) is 4.99 Å². The van der Waals surface area contributed by atoms with Crippen LogP contribution in [0.2, 0.25) is 5.02 Å². The molecule has 0 unspecified atom stereocenters. The van der Waals surface area contributed by atoms with Crippen molar-refractivity contribution in [2.75, 3.05) is 11.9 Å². The van der Waals surface area contributed by atoms with Crippen molar-refractivity contribution in [3.8, 4) is 5.75 Å². The molecule has 3 aromatic rings. The molecule has 7 nitrogen and oxygen atoms in total.